The molecule has 2 fully saturated rings. The Balaban J connectivity index is 1.48. The molecule has 0 atom stereocenters. The zero-order chi connectivity index (χ0) is 34.6. The highest BCUT2D eigenvalue weighted by Gasteiger charge is 2.49. The molecule has 1 aliphatic carbocycles. The molecule has 1 saturated carbocycles. The van der Waals surface area contributed by atoms with E-state index in [1.165, 1.54) is 30.0 Å². The minimum Gasteiger partial charge on any atom is -0.497 e. The molecule has 1 saturated heterocycles. The summed E-state index contributed by atoms with van der Waals surface area (Å²) in [5.74, 6) is 0.515. The molecule has 4 aromatic rings. The fraction of sp³-hybridized carbons (Fsp3) is 0.467. The monoisotopic (exact) mass is 662 g/mol. The molecule has 1 aliphatic heterocycles. The van der Waals surface area contributed by atoms with Gasteiger partial charge in [-0.1, -0.05) is 37.3 Å². The van der Waals surface area contributed by atoms with Crippen molar-refractivity contribution < 1.29 is 30.8 Å². The van der Waals surface area contributed by atoms with Crippen LogP contribution in [0.1, 0.15) is 54.6 Å². The molecule has 0 radical (unpaired) electrons. The summed E-state index contributed by atoms with van der Waals surface area (Å²) >= 11 is 0.645. The fourth-order valence-corrected chi connectivity index (χ4v) is 7.82. The third kappa shape index (κ3) is 6.00. The molecule has 0 spiro atoms. The second kappa shape index (κ2) is 11.9. The molecule has 6 rings (SSSR count). The maximum absolute atomic E-state index is 14.8. The van der Waals surface area contributed by atoms with E-state index >= 15 is 0 Å². The number of pyridine rings is 1. The molecule has 45 heavy (non-hydrogen) atoms. The molecule has 3 aromatic heterocycles. The normalized spacial score (nSPS) is 18.0. The molecule has 15 heteroatoms. The van der Waals surface area contributed by atoms with Gasteiger partial charge in [-0.05, 0) is 43.5 Å². The molecule has 1 aromatic carbocycles. The molecule has 4 heterocycles. The number of sulfonamides is 1. The van der Waals surface area contributed by atoms with Gasteiger partial charge in [0.1, 0.15) is 10.6 Å². The van der Waals surface area contributed by atoms with Gasteiger partial charge in [0.15, 0.2) is 15.8 Å². The van der Waals surface area contributed by atoms with Crippen LogP contribution >= 0.6 is 11.3 Å². The van der Waals surface area contributed by atoms with Crippen LogP contribution < -0.4 is 9.64 Å². The van der Waals surface area contributed by atoms with Gasteiger partial charge in [0, 0.05) is 54.5 Å². The van der Waals surface area contributed by atoms with Crippen LogP contribution in [0.25, 0.3) is 16.3 Å². The smallest absolute Gasteiger partial charge is 0.291 e. The Morgan fingerprint density at radius 3 is 2.44 bits per heavy atom. The van der Waals surface area contributed by atoms with Gasteiger partial charge in [0.25, 0.3) is 6.43 Å². The van der Waals surface area contributed by atoms with Crippen molar-refractivity contribution in [3.63, 3.8) is 0 Å². The summed E-state index contributed by atoms with van der Waals surface area (Å²) in [6.07, 6.45) is 0.292. The first-order chi connectivity index (χ1) is 22.7. The average molecular weight is 663 g/mol. The first-order valence-electron chi connectivity index (χ1n) is 16.0. The van der Waals surface area contributed by atoms with Crippen molar-refractivity contribution in [2.24, 2.45) is 5.92 Å². The number of aromatic nitrogens is 4. The van der Waals surface area contributed by atoms with Crippen molar-refractivity contribution in [1.29, 1.82) is 0 Å². The Morgan fingerprint density at radius 2 is 1.87 bits per heavy atom. The summed E-state index contributed by atoms with van der Waals surface area (Å²) in [6, 6.07) is 8.23. The summed E-state index contributed by atoms with van der Waals surface area (Å²) in [5.41, 5.74) is -0.0838. The van der Waals surface area contributed by atoms with E-state index < -0.39 is 33.8 Å². The number of methoxy groups -OCH3 is 1. The first kappa shape index (κ1) is 27.6. The quantitative estimate of drug-likeness (QED) is 0.237. The van der Waals surface area contributed by atoms with Crippen LogP contribution in [0.5, 0.6) is 5.75 Å². The first-order valence-corrected chi connectivity index (χ1v) is 16.7. The van der Waals surface area contributed by atoms with E-state index in [4.69, 9.17) is 8.85 Å². The van der Waals surface area contributed by atoms with Crippen molar-refractivity contribution in [2.45, 2.75) is 56.9 Å². The molecule has 0 bridgehead atoms. The standard InChI is InChI=1S/C30H35F2N7O4S2/c1-19(2)29(40)37-13-11-36(12-14-37)23-15-22(18-38-24(23)16-33-26(38)28-35-34-27(44-28)25(31)32)45(41,42)39(30(3)9-10-30)17-20-5-7-21(43-4)8-6-20/h5-8,15-16,18-19,25H,9-14,17H2,1-4H3/i3D3. The number of piperazine rings is 1. The number of fused-ring (bicyclic) bond motifs is 1. The summed E-state index contributed by atoms with van der Waals surface area (Å²) in [4.78, 5) is 20.6. The molecule has 11 nitrogen and oxygen atoms in total. The molecular formula is C30H35F2N7O4S2. The van der Waals surface area contributed by atoms with Gasteiger partial charge >= 0.3 is 0 Å². The average Bonchev–Trinajstić information content (AvgIpc) is 3.52. The molecule has 240 valence electrons. The number of anilines is 1. The number of benzene rings is 1. The van der Waals surface area contributed by atoms with Crippen LogP contribution in [0.2, 0.25) is 0 Å². The van der Waals surface area contributed by atoms with Crippen LogP contribution in [0.3, 0.4) is 0 Å². The second-order valence-electron chi connectivity index (χ2n) is 11.5. The van der Waals surface area contributed by atoms with Crippen LogP contribution in [-0.4, -0.2) is 81.9 Å². The van der Waals surface area contributed by atoms with Gasteiger partial charge in [0.2, 0.25) is 15.9 Å². The SMILES string of the molecule is [2H]C([2H])([2H])C1(N(Cc2ccc(OC)cc2)S(=O)(=O)c2cc(N3CCN(C(=O)C(C)C)CC3)c3cnc(-c4nnc(C(F)F)s4)n3c2)CC1. The van der Waals surface area contributed by atoms with E-state index in [0.717, 1.165) is 4.31 Å². The fourth-order valence-electron chi connectivity index (χ4n) is 5.41. The largest absolute Gasteiger partial charge is 0.497 e. The van der Waals surface area contributed by atoms with E-state index in [-0.39, 0.29) is 46.9 Å². The van der Waals surface area contributed by atoms with Crippen molar-refractivity contribution in [2.75, 3.05) is 38.2 Å². The lowest BCUT2D eigenvalue weighted by Gasteiger charge is -2.37. The van der Waals surface area contributed by atoms with Crippen LogP contribution in [0, 0.1) is 5.92 Å². The minimum absolute atomic E-state index is 0.0161. The summed E-state index contributed by atoms with van der Waals surface area (Å²) in [6.45, 7) is 2.43. The van der Waals surface area contributed by atoms with E-state index in [0.29, 0.717) is 60.0 Å². The second-order valence-corrected chi connectivity index (χ2v) is 14.4. The number of halogens is 2. The number of amides is 1. The van der Waals surface area contributed by atoms with Crippen LogP contribution in [0.15, 0.2) is 47.6 Å². The predicted octanol–water partition coefficient (Wildman–Crippen LogP) is 4.85. The topological polar surface area (TPSA) is 113 Å². The van der Waals surface area contributed by atoms with Gasteiger partial charge in [-0.3, -0.25) is 9.20 Å². The number of hydrogen-bond acceptors (Lipinski definition) is 9. The molecular weight excluding hydrogens is 625 g/mol. The zero-order valence-corrected chi connectivity index (χ0v) is 26.6. The van der Waals surface area contributed by atoms with Crippen molar-refractivity contribution in [3.8, 4) is 16.6 Å². The Morgan fingerprint density at radius 1 is 1.16 bits per heavy atom. The molecule has 2 aliphatic rings. The predicted molar refractivity (Wildman–Crippen MR) is 166 cm³/mol. The number of nitrogens with zero attached hydrogens (tertiary/aromatic N) is 7. The Labute approximate surface area is 268 Å². The molecule has 0 N–H and O–H groups in total. The highest BCUT2D eigenvalue weighted by molar-refractivity contribution is 7.89. The highest BCUT2D eigenvalue weighted by Crippen LogP contribution is 2.45. The molecule has 0 unspecified atom stereocenters. The number of rotatable bonds is 10. The van der Waals surface area contributed by atoms with Crippen LogP contribution in [0.4, 0.5) is 14.5 Å². The number of imidazole rings is 1. The van der Waals surface area contributed by atoms with E-state index in [9.17, 15) is 22.0 Å². The van der Waals surface area contributed by atoms with Gasteiger partial charge in [-0.25, -0.2) is 22.2 Å². The Hall–Kier alpha value is -3.69. The van der Waals surface area contributed by atoms with Crippen molar-refractivity contribution in [3.05, 3.63) is 53.3 Å². The lowest BCUT2D eigenvalue weighted by Crippen LogP contribution is -2.50. The minimum atomic E-state index is -4.52. The maximum Gasteiger partial charge on any atom is 0.291 e. The van der Waals surface area contributed by atoms with E-state index in [2.05, 4.69) is 15.2 Å². The summed E-state index contributed by atoms with van der Waals surface area (Å²) in [5, 5.41) is 7.04. The van der Waals surface area contributed by atoms with Gasteiger partial charge in [-0.2, -0.15) is 4.31 Å². The Bertz CT molecular complexity index is 1920. The lowest BCUT2D eigenvalue weighted by atomic mass is 10.1. The van der Waals surface area contributed by atoms with Crippen molar-refractivity contribution in [1.82, 2.24) is 28.8 Å². The number of alkyl halides is 2. The van der Waals surface area contributed by atoms with E-state index in [1.807, 2.05) is 18.7 Å². The zero-order valence-electron chi connectivity index (χ0n) is 28.0. The summed E-state index contributed by atoms with van der Waals surface area (Å²) in [7, 11) is -3.01. The van der Waals surface area contributed by atoms with Gasteiger partial charge in [0.05, 0.1) is 24.5 Å². The van der Waals surface area contributed by atoms with Gasteiger partial charge < -0.3 is 14.5 Å². The number of ether oxygens (including phenoxy) is 1. The molecule has 1 amide bonds. The maximum atomic E-state index is 14.8. The highest BCUT2D eigenvalue weighted by atomic mass is 32.2. The van der Waals surface area contributed by atoms with E-state index in [1.54, 1.807) is 29.2 Å². The lowest BCUT2D eigenvalue weighted by molar-refractivity contribution is -0.134. The number of hydrogen-bond donors (Lipinski definition) is 0. The Kier molecular flexibility index (Phi) is 7.31. The number of carbonyl (C=O) groups is 1. The third-order valence-electron chi connectivity index (χ3n) is 8.11. The third-order valence-corrected chi connectivity index (χ3v) is 10.9. The van der Waals surface area contributed by atoms with Gasteiger partial charge in [-0.15, -0.1) is 10.2 Å². The number of carbonyl (C=O) groups excluding carboxylic acids is 1. The summed E-state index contributed by atoms with van der Waals surface area (Å²) < 4.78 is 89.2. The van der Waals surface area contributed by atoms with Crippen LogP contribution in [-0.2, 0) is 21.4 Å². The van der Waals surface area contributed by atoms with Crippen molar-refractivity contribution >= 4 is 38.5 Å².